The number of halogens is 1. The van der Waals surface area contributed by atoms with Gasteiger partial charge in [-0.1, -0.05) is 6.42 Å². The van der Waals surface area contributed by atoms with E-state index in [1.807, 2.05) is 19.3 Å². The number of aromatic nitrogens is 4. The summed E-state index contributed by atoms with van der Waals surface area (Å²) >= 11 is 0. The number of rotatable bonds is 7. The van der Waals surface area contributed by atoms with Crippen molar-refractivity contribution in [2.24, 2.45) is 7.05 Å². The third-order valence-electron chi connectivity index (χ3n) is 6.85. The third kappa shape index (κ3) is 5.54. The monoisotopic (exact) mass is 503 g/mol. The summed E-state index contributed by atoms with van der Waals surface area (Å²) < 4.78 is 16.2. The number of carbonyl (C=O) groups is 2. The van der Waals surface area contributed by atoms with Crippen molar-refractivity contribution in [2.75, 3.05) is 25.0 Å². The van der Waals surface area contributed by atoms with E-state index in [1.54, 1.807) is 16.9 Å². The topological polar surface area (TPSA) is 108 Å². The van der Waals surface area contributed by atoms with Crippen LogP contribution in [-0.4, -0.2) is 62.1 Å². The number of nitrogens with zero attached hydrogens (tertiary/aromatic N) is 4. The van der Waals surface area contributed by atoms with E-state index in [0.29, 0.717) is 18.2 Å². The van der Waals surface area contributed by atoms with E-state index in [2.05, 4.69) is 37.5 Å². The van der Waals surface area contributed by atoms with E-state index < -0.39 is 11.7 Å². The first-order valence-electron chi connectivity index (χ1n) is 12.5. The van der Waals surface area contributed by atoms with Crippen molar-refractivity contribution in [3.8, 4) is 11.3 Å². The van der Waals surface area contributed by atoms with Crippen LogP contribution in [0.4, 0.5) is 10.1 Å². The molecule has 192 valence electrons. The molecule has 9 nitrogen and oxygen atoms in total. The van der Waals surface area contributed by atoms with Gasteiger partial charge in [0.05, 0.1) is 23.1 Å². The molecule has 1 saturated heterocycles. The highest BCUT2D eigenvalue weighted by Gasteiger charge is 2.18. The molecule has 1 atom stereocenters. The molecule has 4 heterocycles. The van der Waals surface area contributed by atoms with Crippen molar-refractivity contribution in [1.82, 2.24) is 30.0 Å². The first kappa shape index (κ1) is 24.6. The van der Waals surface area contributed by atoms with Gasteiger partial charge in [0.1, 0.15) is 11.5 Å². The number of aryl methyl sites for hydroxylation is 1. The number of likely N-dealkylation sites (tertiary alicyclic amines) is 1. The lowest BCUT2D eigenvalue weighted by molar-refractivity contribution is 0.0937. The minimum atomic E-state index is -0.624. The number of hydrogen-bond acceptors (Lipinski definition) is 5. The van der Waals surface area contributed by atoms with Gasteiger partial charge >= 0.3 is 0 Å². The molecule has 0 saturated carbocycles. The van der Waals surface area contributed by atoms with Gasteiger partial charge in [-0.15, -0.1) is 0 Å². The largest absolute Gasteiger partial charge is 0.351 e. The molecule has 2 amide bonds. The van der Waals surface area contributed by atoms with Crippen LogP contribution >= 0.6 is 0 Å². The van der Waals surface area contributed by atoms with E-state index in [-0.39, 0.29) is 22.7 Å². The molecule has 1 fully saturated rings. The predicted octanol–water partition coefficient (Wildman–Crippen LogP) is 3.96. The molecule has 1 aliphatic heterocycles. The van der Waals surface area contributed by atoms with Crippen molar-refractivity contribution in [2.45, 2.75) is 32.2 Å². The van der Waals surface area contributed by atoms with Gasteiger partial charge in [-0.05, 0) is 56.6 Å². The number of amides is 2. The van der Waals surface area contributed by atoms with Crippen LogP contribution in [0.1, 0.15) is 46.9 Å². The van der Waals surface area contributed by atoms with Crippen LogP contribution in [0.2, 0.25) is 0 Å². The van der Waals surface area contributed by atoms with Crippen molar-refractivity contribution in [1.29, 1.82) is 0 Å². The van der Waals surface area contributed by atoms with Crippen LogP contribution in [0.15, 0.2) is 48.9 Å². The smallest absolute Gasteiger partial charge is 0.257 e. The van der Waals surface area contributed by atoms with Gasteiger partial charge < -0.3 is 15.6 Å². The van der Waals surface area contributed by atoms with E-state index in [1.165, 1.54) is 43.7 Å². The summed E-state index contributed by atoms with van der Waals surface area (Å²) in [5.41, 5.74) is 2.84. The number of piperidine rings is 1. The summed E-state index contributed by atoms with van der Waals surface area (Å²) in [5, 5.41) is 10.4. The number of fused-ring (bicyclic) bond motifs is 1. The molecule has 0 radical (unpaired) electrons. The molecule has 1 aromatic carbocycles. The molecule has 37 heavy (non-hydrogen) atoms. The van der Waals surface area contributed by atoms with Crippen LogP contribution in [0.25, 0.3) is 22.3 Å². The second kappa shape index (κ2) is 10.5. The minimum absolute atomic E-state index is 0.0625. The van der Waals surface area contributed by atoms with Crippen LogP contribution in [0, 0.1) is 5.82 Å². The maximum Gasteiger partial charge on any atom is 0.257 e. The Morgan fingerprint density at radius 3 is 2.78 bits per heavy atom. The summed E-state index contributed by atoms with van der Waals surface area (Å²) in [6, 6.07) is 8.04. The molecule has 3 N–H and O–H groups in total. The number of anilines is 1. The standard InChI is InChI=1S/C27H30FN7O2/c1-17-5-3-4-9-35(17)10-8-29-26(36)18-6-7-22(28)24(12-18)33-27(37)20-11-19-13-23(32-25(19)30-14-20)21-15-31-34(2)16-21/h6-7,11-17H,3-5,8-10H2,1-2H3,(H,29,36)(H,30,32)(H,33,37)/t17-/m0/s1. The Bertz CT molecular complexity index is 1440. The normalized spacial score (nSPS) is 16.1. The lowest BCUT2D eigenvalue weighted by atomic mass is 10.0. The summed E-state index contributed by atoms with van der Waals surface area (Å²) in [7, 11) is 1.83. The van der Waals surface area contributed by atoms with Gasteiger partial charge in [0.15, 0.2) is 0 Å². The summed E-state index contributed by atoms with van der Waals surface area (Å²) in [4.78, 5) is 35.5. The molecule has 0 aliphatic carbocycles. The Balaban J connectivity index is 1.25. The van der Waals surface area contributed by atoms with Crippen molar-refractivity contribution in [3.63, 3.8) is 0 Å². The fourth-order valence-corrected chi connectivity index (χ4v) is 4.72. The van der Waals surface area contributed by atoms with Gasteiger partial charge in [-0.3, -0.25) is 19.2 Å². The van der Waals surface area contributed by atoms with E-state index in [4.69, 9.17) is 0 Å². The molecule has 0 bridgehead atoms. The first-order valence-corrected chi connectivity index (χ1v) is 12.5. The number of aromatic amines is 1. The van der Waals surface area contributed by atoms with Gasteiger partial charge in [-0.25, -0.2) is 9.37 Å². The van der Waals surface area contributed by atoms with Crippen molar-refractivity contribution < 1.29 is 14.0 Å². The van der Waals surface area contributed by atoms with E-state index in [9.17, 15) is 14.0 Å². The number of benzene rings is 1. The fraction of sp³-hybridized carbons (Fsp3) is 0.333. The number of hydrogen-bond donors (Lipinski definition) is 3. The third-order valence-corrected chi connectivity index (χ3v) is 6.85. The fourth-order valence-electron chi connectivity index (χ4n) is 4.72. The Morgan fingerprint density at radius 2 is 2.00 bits per heavy atom. The molecule has 0 spiro atoms. The average Bonchev–Trinajstić information content (AvgIpc) is 3.52. The maximum absolute atomic E-state index is 14.5. The summed E-state index contributed by atoms with van der Waals surface area (Å²) in [6.07, 6.45) is 8.63. The number of nitrogens with one attached hydrogen (secondary N) is 3. The lowest BCUT2D eigenvalue weighted by Gasteiger charge is -2.33. The molecule has 1 aliphatic rings. The molecule has 0 unspecified atom stereocenters. The Kier molecular flexibility index (Phi) is 7.00. The van der Waals surface area contributed by atoms with Crippen LogP contribution in [0.3, 0.4) is 0 Å². The van der Waals surface area contributed by atoms with E-state index >= 15 is 0 Å². The summed E-state index contributed by atoms with van der Waals surface area (Å²) in [6.45, 7) is 4.53. The molecule has 4 aromatic rings. The lowest BCUT2D eigenvalue weighted by Crippen LogP contribution is -2.42. The zero-order chi connectivity index (χ0) is 25.9. The predicted molar refractivity (Wildman–Crippen MR) is 140 cm³/mol. The maximum atomic E-state index is 14.5. The molecular formula is C27H30FN7O2. The quantitative estimate of drug-likeness (QED) is 0.354. The highest BCUT2D eigenvalue weighted by molar-refractivity contribution is 6.06. The number of carbonyl (C=O) groups excluding carboxylic acids is 2. The highest BCUT2D eigenvalue weighted by Crippen LogP contribution is 2.24. The Morgan fingerprint density at radius 1 is 1.14 bits per heavy atom. The van der Waals surface area contributed by atoms with E-state index in [0.717, 1.165) is 29.7 Å². The number of H-pyrrole nitrogens is 1. The second-order valence-corrected chi connectivity index (χ2v) is 9.53. The van der Waals surface area contributed by atoms with Gasteiger partial charge in [0, 0.05) is 55.1 Å². The van der Waals surface area contributed by atoms with Crippen LogP contribution in [0.5, 0.6) is 0 Å². The first-order chi connectivity index (χ1) is 17.9. The zero-order valence-electron chi connectivity index (χ0n) is 20.9. The Hall–Kier alpha value is -4.05. The molecule has 10 heteroatoms. The molecule has 5 rings (SSSR count). The van der Waals surface area contributed by atoms with Crippen LogP contribution in [-0.2, 0) is 7.05 Å². The highest BCUT2D eigenvalue weighted by atomic mass is 19.1. The van der Waals surface area contributed by atoms with Gasteiger partial charge in [0.2, 0.25) is 0 Å². The van der Waals surface area contributed by atoms with Crippen molar-refractivity contribution >= 4 is 28.5 Å². The average molecular weight is 504 g/mol. The SMILES string of the molecule is C[C@H]1CCCCN1CCNC(=O)c1ccc(F)c(NC(=O)c2cnc3[nH]c(-c4cnn(C)c4)cc3c2)c1. The molecule has 3 aromatic heterocycles. The number of pyridine rings is 1. The minimum Gasteiger partial charge on any atom is -0.351 e. The second-order valence-electron chi connectivity index (χ2n) is 9.53. The molecular weight excluding hydrogens is 473 g/mol. The van der Waals surface area contributed by atoms with Gasteiger partial charge in [0.25, 0.3) is 11.8 Å². The summed E-state index contributed by atoms with van der Waals surface area (Å²) in [5.74, 6) is -1.45. The van der Waals surface area contributed by atoms with Crippen molar-refractivity contribution in [3.05, 3.63) is 65.9 Å². The van der Waals surface area contributed by atoms with Crippen LogP contribution < -0.4 is 10.6 Å². The zero-order valence-corrected chi connectivity index (χ0v) is 20.9. The Labute approximate surface area is 214 Å². The van der Waals surface area contributed by atoms with Gasteiger partial charge in [-0.2, -0.15) is 5.10 Å².